The van der Waals surface area contributed by atoms with Gasteiger partial charge in [0.15, 0.2) is 5.17 Å². The molecule has 1 aromatic rings. The number of benzene rings is 1. The van der Waals surface area contributed by atoms with Gasteiger partial charge >= 0.3 is 0 Å². The van der Waals surface area contributed by atoms with Crippen molar-refractivity contribution >= 4 is 70.4 Å². The van der Waals surface area contributed by atoms with Crippen LogP contribution in [0.3, 0.4) is 0 Å². The minimum absolute atomic E-state index is 0.379. The molecule has 0 spiro atoms. The monoisotopic (exact) mass is 482 g/mol. The summed E-state index contributed by atoms with van der Waals surface area (Å²) in [5.74, 6) is 1.14. The fourth-order valence-electron chi connectivity index (χ4n) is 2.07. The number of hydrogen-bond acceptors (Lipinski definition) is 3. The number of aliphatic imine (C=N–C) groups is 1. The van der Waals surface area contributed by atoms with E-state index in [1.165, 1.54) is 12.8 Å². The zero-order valence-electron chi connectivity index (χ0n) is 11.5. The lowest BCUT2D eigenvalue weighted by Gasteiger charge is -2.33. The third kappa shape index (κ3) is 3.81. The van der Waals surface area contributed by atoms with Crippen LogP contribution in [-0.4, -0.2) is 17.5 Å². The van der Waals surface area contributed by atoms with Crippen LogP contribution in [0.15, 0.2) is 30.5 Å². The van der Waals surface area contributed by atoms with E-state index in [-0.39, 0.29) is 0 Å². The van der Waals surface area contributed by atoms with Crippen molar-refractivity contribution in [3.8, 4) is 0 Å². The molecule has 1 aromatic carbocycles. The summed E-state index contributed by atoms with van der Waals surface area (Å²) in [5.41, 5.74) is 1.41. The number of thioether (sulfide) groups is 1. The quantitative estimate of drug-likeness (QED) is 0.544. The van der Waals surface area contributed by atoms with Crippen LogP contribution in [0.4, 0.5) is 5.69 Å². The van der Waals surface area contributed by atoms with E-state index in [0.717, 1.165) is 36.6 Å². The van der Waals surface area contributed by atoms with Crippen LogP contribution >= 0.6 is 59.6 Å². The van der Waals surface area contributed by atoms with Crippen LogP contribution < -0.4 is 5.32 Å². The number of rotatable bonds is 3. The number of nitrogens with one attached hydrogen (secondary N) is 1. The first-order valence-electron chi connectivity index (χ1n) is 6.58. The molecule has 20 heavy (non-hydrogen) atoms. The predicted molar refractivity (Wildman–Crippen MR) is 101 cm³/mol. The lowest BCUT2D eigenvalue weighted by atomic mass is 9.84. The Balaban J connectivity index is 2.15. The first-order valence-corrected chi connectivity index (χ1v) is 9.95. The van der Waals surface area contributed by atoms with Crippen LogP contribution in [0.1, 0.15) is 26.7 Å². The third-order valence-corrected chi connectivity index (χ3v) is 6.78. The van der Waals surface area contributed by atoms with Gasteiger partial charge < -0.3 is 5.32 Å². The molecule has 0 atom stereocenters. The first-order chi connectivity index (χ1) is 9.49. The summed E-state index contributed by atoms with van der Waals surface area (Å²) in [4.78, 5) is 4.74. The summed E-state index contributed by atoms with van der Waals surface area (Å²) in [6.45, 7) is 5.45. The molecule has 1 N–H and O–H groups in total. The zero-order valence-corrected chi connectivity index (χ0v) is 17.0. The number of hydrogen-bond donors (Lipinski definition) is 1. The van der Waals surface area contributed by atoms with Crippen LogP contribution in [0.5, 0.6) is 0 Å². The van der Waals surface area contributed by atoms with Gasteiger partial charge in [0.2, 0.25) is 0 Å². The largest absolute Gasteiger partial charge is 0.333 e. The molecule has 0 radical (unpaired) electrons. The Bertz CT molecular complexity index is 504. The van der Waals surface area contributed by atoms with E-state index in [1.54, 1.807) is 0 Å². The van der Waals surface area contributed by atoms with Crippen molar-refractivity contribution in [2.75, 3.05) is 17.6 Å². The molecule has 2 nitrogen and oxygen atoms in total. The Hall–Kier alpha value is 0.480. The number of anilines is 1. The lowest BCUT2D eigenvalue weighted by molar-refractivity contribution is 0.318. The SMILES string of the molecule is CCC1(CC)CN=C(Nc2c(Br)cc(Br)cc2Br)SC1. The Morgan fingerprint density at radius 2 is 1.80 bits per heavy atom. The molecule has 110 valence electrons. The van der Waals surface area contributed by atoms with E-state index >= 15 is 0 Å². The van der Waals surface area contributed by atoms with Crippen LogP contribution in [0.25, 0.3) is 0 Å². The van der Waals surface area contributed by atoms with Gasteiger partial charge in [-0.2, -0.15) is 0 Å². The Kier molecular flexibility index (Phi) is 6.03. The molecule has 0 saturated heterocycles. The number of nitrogens with zero attached hydrogens (tertiary/aromatic N) is 1. The third-order valence-electron chi connectivity index (χ3n) is 3.81. The second kappa shape index (κ2) is 7.16. The Labute approximate surface area is 150 Å². The Morgan fingerprint density at radius 3 is 2.25 bits per heavy atom. The number of halogens is 3. The summed E-state index contributed by atoms with van der Waals surface area (Å²) in [5, 5.41) is 4.43. The van der Waals surface area contributed by atoms with E-state index < -0.39 is 0 Å². The highest BCUT2D eigenvalue weighted by Gasteiger charge is 2.30. The normalized spacial score (nSPS) is 17.8. The summed E-state index contributed by atoms with van der Waals surface area (Å²) in [6, 6.07) is 4.06. The van der Waals surface area contributed by atoms with E-state index in [4.69, 9.17) is 4.99 Å². The van der Waals surface area contributed by atoms with E-state index in [0.29, 0.717) is 5.41 Å². The predicted octanol–water partition coefficient (Wildman–Crippen LogP) is 6.30. The summed E-state index contributed by atoms with van der Waals surface area (Å²) in [7, 11) is 0. The van der Waals surface area contributed by atoms with Crippen molar-refractivity contribution in [3.05, 3.63) is 25.6 Å². The second-order valence-corrected chi connectivity index (χ2v) is 8.57. The maximum Gasteiger partial charge on any atom is 0.161 e. The van der Waals surface area contributed by atoms with Crippen molar-refractivity contribution in [1.29, 1.82) is 0 Å². The molecule has 0 aromatic heterocycles. The molecule has 2 rings (SSSR count). The molecule has 1 aliphatic rings. The molecule has 1 heterocycles. The maximum absolute atomic E-state index is 4.74. The maximum atomic E-state index is 4.74. The van der Waals surface area contributed by atoms with Gasteiger partial charge in [-0.05, 0) is 62.2 Å². The molecule has 0 amide bonds. The minimum Gasteiger partial charge on any atom is -0.333 e. The van der Waals surface area contributed by atoms with Crippen molar-refractivity contribution in [3.63, 3.8) is 0 Å². The molecular weight excluding hydrogens is 468 g/mol. The summed E-state index contributed by atoms with van der Waals surface area (Å²) >= 11 is 12.5. The second-order valence-electron chi connectivity index (χ2n) is 4.99. The molecule has 0 bridgehead atoms. The standard InChI is InChI=1S/C14H17Br3N2S/c1-3-14(4-2)7-18-13(20-8-14)19-12-10(16)5-9(15)6-11(12)17/h5-6H,3-4,7-8H2,1-2H3,(H,18,19). The van der Waals surface area contributed by atoms with Gasteiger partial charge in [0.1, 0.15) is 0 Å². The molecule has 0 unspecified atom stereocenters. The zero-order chi connectivity index (χ0) is 14.8. The molecule has 0 saturated carbocycles. The highest BCUT2D eigenvalue weighted by atomic mass is 79.9. The van der Waals surface area contributed by atoms with Crippen molar-refractivity contribution < 1.29 is 0 Å². The molecule has 1 aliphatic heterocycles. The average Bonchev–Trinajstić information content (AvgIpc) is 2.43. The van der Waals surface area contributed by atoms with E-state index in [2.05, 4.69) is 67.0 Å². The van der Waals surface area contributed by atoms with Crippen LogP contribution in [0.2, 0.25) is 0 Å². The van der Waals surface area contributed by atoms with Gasteiger partial charge in [-0.25, -0.2) is 0 Å². The van der Waals surface area contributed by atoms with Crippen molar-refractivity contribution in [2.45, 2.75) is 26.7 Å². The van der Waals surface area contributed by atoms with Crippen LogP contribution in [0, 0.1) is 5.41 Å². The van der Waals surface area contributed by atoms with Gasteiger partial charge in [-0.1, -0.05) is 41.5 Å². The smallest absolute Gasteiger partial charge is 0.161 e. The minimum atomic E-state index is 0.379. The first kappa shape index (κ1) is 16.8. The topological polar surface area (TPSA) is 24.4 Å². The van der Waals surface area contributed by atoms with Crippen LogP contribution in [-0.2, 0) is 0 Å². The number of amidine groups is 1. The highest BCUT2D eigenvalue weighted by molar-refractivity contribution is 9.11. The fraction of sp³-hybridized carbons (Fsp3) is 0.500. The van der Waals surface area contributed by atoms with Crippen molar-refractivity contribution in [2.24, 2.45) is 10.4 Å². The fourth-order valence-corrected chi connectivity index (χ4v) is 5.80. The molecule has 0 aliphatic carbocycles. The molecular formula is C14H17Br3N2S. The molecule has 6 heteroatoms. The highest BCUT2D eigenvalue weighted by Crippen LogP contribution is 2.38. The molecule has 0 fully saturated rings. The Morgan fingerprint density at radius 1 is 1.20 bits per heavy atom. The van der Waals surface area contributed by atoms with E-state index in [9.17, 15) is 0 Å². The van der Waals surface area contributed by atoms with Gasteiger partial charge in [-0.15, -0.1) is 0 Å². The van der Waals surface area contributed by atoms with Gasteiger partial charge in [0, 0.05) is 25.7 Å². The summed E-state index contributed by atoms with van der Waals surface area (Å²) in [6.07, 6.45) is 2.39. The summed E-state index contributed by atoms with van der Waals surface area (Å²) < 4.78 is 3.07. The van der Waals surface area contributed by atoms with Gasteiger partial charge in [-0.3, -0.25) is 4.99 Å². The lowest BCUT2D eigenvalue weighted by Crippen LogP contribution is -2.32. The van der Waals surface area contributed by atoms with Crippen molar-refractivity contribution in [1.82, 2.24) is 0 Å². The van der Waals surface area contributed by atoms with Gasteiger partial charge in [0.05, 0.1) is 5.69 Å². The van der Waals surface area contributed by atoms with Gasteiger partial charge in [0.25, 0.3) is 0 Å². The average molecular weight is 485 g/mol. The van der Waals surface area contributed by atoms with E-state index in [1.807, 2.05) is 23.9 Å².